The zero-order valence-corrected chi connectivity index (χ0v) is 28.6. The maximum absolute atomic E-state index is 3.80. The monoisotopic (exact) mass is 668 g/mol. The van der Waals surface area contributed by atoms with Gasteiger partial charge < -0.3 is 9.88 Å². The highest BCUT2D eigenvalue weighted by molar-refractivity contribution is 7.25. The molecule has 0 amide bonds. The molecule has 240 valence electrons. The minimum Gasteiger partial charge on any atom is -0.354 e. The SMILES string of the molecule is c1ccc(-c2ccc(N(c3ccc(-c4ccccc4)cc3)c3ccc4[nH]c5c(-c6ccc7c(c6)sc6ccccc67)cccc5c4c3)cc2)cc1. The Hall–Kier alpha value is -6.42. The largest absolute Gasteiger partial charge is 0.354 e. The summed E-state index contributed by atoms with van der Waals surface area (Å²) in [6.07, 6.45) is 0. The molecule has 2 heterocycles. The van der Waals surface area contributed by atoms with E-state index in [0.29, 0.717) is 0 Å². The quantitative estimate of drug-likeness (QED) is 0.187. The predicted octanol–water partition coefficient (Wildman–Crippen LogP) is 14.2. The van der Waals surface area contributed by atoms with Crippen LogP contribution in [0.15, 0.2) is 188 Å². The molecule has 0 aliphatic rings. The molecule has 8 aromatic carbocycles. The van der Waals surface area contributed by atoms with Crippen molar-refractivity contribution in [2.45, 2.75) is 0 Å². The number of nitrogens with zero attached hydrogens (tertiary/aromatic N) is 1. The summed E-state index contributed by atoms with van der Waals surface area (Å²) < 4.78 is 2.64. The van der Waals surface area contributed by atoms with E-state index >= 15 is 0 Å². The van der Waals surface area contributed by atoms with Gasteiger partial charge in [-0.2, -0.15) is 0 Å². The summed E-state index contributed by atoms with van der Waals surface area (Å²) >= 11 is 1.87. The molecule has 0 aliphatic carbocycles. The average molecular weight is 669 g/mol. The highest BCUT2D eigenvalue weighted by atomic mass is 32.1. The number of nitrogens with one attached hydrogen (secondary N) is 1. The van der Waals surface area contributed by atoms with E-state index in [0.717, 1.165) is 28.1 Å². The molecule has 2 nitrogen and oxygen atoms in total. The summed E-state index contributed by atoms with van der Waals surface area (Å²) in [6, 6.07) is 68.0. The van der Waals surface area contributed by atoms with Gasteiger partial charge in [-0.05, 0) is 82.4 Å². The number of hydrogen-bond donors (Lipinski definition) is 1. The number of H-pyrrole nitrogens is 1. The first-order valence-corrected chi connectivity index (χ1v) is 18.2. The third-order valence-electron chi connectivity index (χ3n) is 10.0. The van der Waals surface area contributed by atoms with E-state index in [1.807, 2.05) is 11.3 Å². The van der Waals surface area contributed by atoms with Crippen molar-refractivity contribution >= 4 is 70.4 Å². The molecular formula is C48H32N2S. The zero-order valence-electron chi connectivity index (χ0n) is 27.8. The maximum atomic E-state index is 3.80. The Morgan fingerprint density at radius 3 is 1.59 bits per heavy atom. The molecule has 0 aliphatic heterocycles. The number of fused-ring (bicyclic) bond motifs is 6. The van der Waals surface area contributed by atoms with Gasteiger partial charge in [0.1, 0.15) is 0 Å². The molecule has 0 unspecified atom stereocenters. The Morgan fingerprint density at radius 2 is 0.902 bits per heavy atom. The molecule has 2 aromatic heterocycles. The second kappa shape index (κ2) is 12.2. The Labute approximate surface area is 300 Å². The molecule has 3 heteroatoms. The fourth-order valence-corrected chi connectivity index (χ4v) is 8.64. The lowest BCUT2D eigenvalue weighted by atomic mass is 10.0. The van der Waals surface area contributed by atoms with E-state index in [4.69, 9.17) is 0 Å². The van der Waals surface area contributed by atoms with Gasteiger partial charge in [-0.25, -0.2) is 0 Å². The van der Waals surface area contributed by atoms with Crippen LogP contribution in [0.25, 0.3) is 75.4 Å². The molecule has 0 radical (unpaired) electrons. The number of hydrogen-bond acceptors (Lipinski definition) is 2. The van der Waals surface area contributed by atoms with Crippen molar-refractivity contribution in [3.05, 3.63) is 188 Å². The Kier molecular flexibility index (Phi) is 7.04. The Balaban J connectivity index is 1.09. The van der Waals surface area contributed by atoms with Crippen LogP contribution in [0.3, 0.4) is 0 Å². The zero-order chi connectivity index (χ0) is 33.7. The van der Waals surface area contributed by atoms with E-state index < -0.39 is 0 Å². The van der Waals surface area contributed by atoms with Crippen LogP contribution in [0.5, 0.6) is 0 Å². The van der Waals surface area contributed by atoms with Crippen LogP contribution in [-0.4, -0.2) is 4.98 Å². The summed E-state index contributed by atoms with van der Waals surface area (Å²) in [5, 5.41) is 5.08. The van der Waals surface area contributed by atoms with Crippen LogP contribution >= 0.6 is 11.3 Å². The molecule has 10 aromatic rings. The van der Waals surface area contributed by atoms with Gasteiger partial charge >= 0.3 is 0 Å². The fourth-order valence-electron chi connectivity index (χ4n) is 7.50. The van der Waals surface area contributed by atoms with Crippen LogP contribution in [0.1, 0.15) is 0 Å². The van der Waals surface area contributed by atoms with Crippen LogP contribution in [-0.2, 0) is 0 Å². The minimum absolute atomic E-state index is 1.11. The second-order valence-electron chi connectivity index (χ2n) is 13.1. The van der Waals surface area contributed by atoms with Gasteiger partial charge in [-0.15, -0.1) is 11.3 Å². The van der Waals surface area contributed by atoms with Crippen LogP contribution in [0.4, 0.5) is 17.1 Å². The average Bonchev–Trinajstić information content (AvgIpc) is 3.77. The van der Waals surface area contributed by atoms with Gasteiger partial charge in [-0.1, -0.05) is 133 Å². The van der Waals surface area contributed by atoms with E-state index in [-0.39, 0.29) is 0 Å². The summed E-state index contributed by atoms with van der Waals surface area (Å²) in [5.41, 5.74) is 12.9. The van der Waals surface area contributed by atoms with Crippen molar-refractivity contribution in [1.29, 1.82) is 0 Å². The van der Waals surface area contributed by atoms with Crippen LogP contribution in [0.2, 0.25) is 0 Å². The number of rotatable bonds is 6. The molecule has 0 atom stereocenters. The predicted molar refractivity (Wildman–Crippen MR) is 220 cm³/mol. The molecule has 0 spiro atoms. The number of aromatic nitrogens is 1. The van der Waals surface area contributed by atoms with Crippen LogP contribution in [0, 0.1) is 0 Å². The second-order valence-corrected chi connectivity index (χ2v) is 14.1. The molecule has 1 N–H and O–H groups in total. The minimum atomic E-state index is 1.11. The topological polar surface area (TPSA) is 19.0 Å². The van der Waals surface area contributed by atoms with Gasteiger partial charge in [0.15, 0.2) is 0 Å². The lowest BCUT2D eigenvalue weighted by Gasteiger charge is -2.26. The summed E-state index contributed by atoms with van der Waals surface area (Å²) in [6.45, 7) is 0. The molecule has 10 rings (SSSR count). The van der Waals surface area contributed by atoms with Crippen molar-refractivity contribution < 1.29 is 0 Å². The Morgan fingerprint density at radius 1 is 0.353 bits per heavy atom. The van der Waals surface area contributed by atoms with Gasteiger partial charge in [-0.3, -0.25) is 0 Å². The van der Waals surface area contributed by atoms with Gasteiger partial charge in [0.25, 0.3) is 0 Å². The highest BCUT2D eigenvalue weighted by Gasteiger charge is 2.17. The van der Waals surface area contributed by atoms with Gasteiger partial charge in [0.05, 0.1) is 5.52 Å². The fraction of sp³-hybridized carbons (Fsp3) is 0. The first-order chi connectivity index (χ1) is 25.3. The first kappa shape index (κ1) is 29.5. The van der Waals surface area contributed by atoms with Crippen molar-refractivity contribution in [1.82, 2.24) is 4.98 Å². The normalized spacial score (nSPS) is 11.5. The molecule has 0 bridgehead atoms. The smallest absolute Gasteiger partial charge is 0.0544 e. The number of benzene rings is 8. The van der Waals surface area contributed by atoms with Crippen molar-refractivity contribution in [3.8, 4) is 33.4 Å². The molecular weight excluding hydrogens is 637 g/mol. The number of anilines is 3. The van der Waals surface area contributed by atoms with Crippen molar-refractivity contribution in [2.75, 3.05) is 4.90 Å². The molecule has 0 saturated carbocycles. The van der Waals surface area contributed by atoms with Crippen LogP contribution < -0.4 is 4.90 Å². The number of thiophene rings is 1. The molecule has 51 heavy (non-hydrogen) atoms. The third-order valence-corrected chi connectivity index (χ3v) is 11.2. The van der Waals surface area contributed by atoms with E-state index in [1.54, 1.807) is 0 Å². The van der Waals surface area contributed by atoms with Gasteiger partial charge in [0.2, 0.25) is 0 Å². The first-order valence-electron chi connectivity index (χ1n) is 17.3. The van der Waals surface area contributed by atoms with E-state index in [9.17, 15) is 0 Å². The third kappa shape index (κ3) is 5.18. The lowest BCUT2D eigenvalue weighted by Crippen LogP contribution is -2.09. The summed E-state index contributed by atoms with van der Waals surface area (Å²) in [7, 11) is 0. The van der Waals surface area contributed by atoms with E-state index in [2.05, 4.69) is 198 Å². The number of para-hydroxylation sites is 1. The summed E-state index contributed by atoms with van der Waals surface area (Å²) in [5.74, 6) is 0. The molecule has 0 fully saturated rings. The lowest BCUT2D eigenvalue weighted by molar-refractivity contribution is 1.29. The highest BCUT2D eigenvalue weighted by Crippen LogP contribution is 2.42. The van der Waals surface area contributed by atoms with Crippen molar-refractivity contribution in [3.63, 3.8) is 0 Å². The summed E-state index contributed by atoms with van der Waals surface area (Å²) in [4.78, 5) is 6.16. The van der Waals surface area contributed by atoms with Gasteiger partial charge in [0, 0.05) is 59.1 Å². The van der Waals surface area contributed by atoms with Crippen molar-refractivity contribution in [2.24, 2.45) is 0 Å². The Bertz CT molecular complexity index is 2750. The molecule has 0 saturated heterocycles. The number of aromatic amines is 1. The standard InChI is InChI=1S/C48H32N2S/c1-3-10-32(11-4-1)34-18-23-37(24-19-34)50(38-25-20-35(21-26-38)33-12-5-2-6-13-33)39-27-29-45-44(31-39)43-16-9-15-40(48(43)49-45)36-22-28-42-41-14-7-8-17-46(41)51-47(42)30-36/h1-31,49H. The maximum Gasteiger partial charge on any atom is 0.0544 e. The van der Waals surface area contributed by atoms with E-state index in [1.165, 1.54) is 64.3 Å².